The smallest absolute Gasteiger partial charge is 0.350 e. The number of esters is 1. The molecule has 0 saturated heterocycles. The third-order valence-corrected chi connectivity index (χ3v) is 4.51. The van der Waals surface area contributed by atoms with Crippen LogP contribution in [0.5, 0.6) is 0 Å². The molecule has 2 N–H and O–H groups in total. The van der Waals surface area contributed by atoms with E-state index in [0.29, 0.717) is 10.6 Å². The van der Waals surface area contributed by atoms with Crippen molar-refractivity contribution in [2.45, 2.75) is 20.8 Å². The molecule has 0 fully saturated rings. The molecule has 19 heavy (non-hydrogen) atoms. The Labute approximate surface area is 117 Å². The molecule has 0 aliphatic rings. The predicted octanol–water partition coefficient (Wildman–Crippen LogP) is 3.71. The molecule has 0 radical (unpaired) electrons. The fraction of sp³-hybridized carbons (Fsp3) is 0.267. The maximum atomic E-state index is 11.7. The molecule has 1 aromatic carbocycles. The van der Waals surface area contributed by atoms with E-state index in [-0.39, 0.29) is 5.97 Å². The summed E-state index contributed by atoms with van der Waals surface area (Å²) in [7, 11) is 1.37. The fourth-order valence-corrected chi connectivity index (χ4v) is 3.33. The van der Waals surface area contributed by atoms with E-state index in [0.717, 1.165) is 16.0 Å². The zero-order chi connectivity index (χ0) is 14.2. The average molecular weight is 275 g/mol. The zero-order valence-corrected chi connectivity index (χ0v) is 12.4. The van der Waals surface area contributed by atoms with E-state index in [1.807, 2.05) is 6.92 Å². The second-order valence-electron chi connectivity index (χ2n) is 4.61. The first-order valence-electron chi connectivity index (χ1n) is 6.00. The lowest BCUT2D eigenvalue weighted by Gasteiger charge is -2.06. The molecule has 2 aromatic rings. The van der Waals surface area contributed by atoms with Crippen molar-refractivity contribution in [1.29, 1.82) is 0 Å². The third-order valence-electron chi connectivity index (χ3n) is 3.19. The van der Waals surface area contributed by atoms with Gasteiger partial charge < -0.3 is 10.5 Å². The fourth-order valence-electron chi connectivity index (χ4n) is 2.10. The molecule has 2 rings (SSSR count). The Bertz CT molecular complexity index is 644. The number of ether oxygens (including phenoxy) is 1. The number of thiophene rings is 1. The summed E-state index contributed by atoms with van der Waals surface area (Å²) in [5.74, 6) is -0.374. The summed E-state index contributed by atoms with van der Waals surface area (Å²) in [6.45, 7) is 6.06. The van der Waals surface area contributed by atoms with Gasteiger partial charge in [0.25, 0.3) is 0 Å². The van der Waals surface area contributed by atoms with Gasteiger partial charge in [0.2, 0.25) is 0 Å². The number of aryl methyl sites for hydroxylation is 2. The zero-order valence-electron chi connectivity index (χ0n) is 11.5. The van der Waals surface area contributed by atoms with Crippen molar-refractivity contribution in [1.82, 2.24) is 0 Å². The minimum atomic E-state index is -0.374. The number of nitrogen functional groups attached to an aromatic ring is 1. The Hall–Kier alpha value is -1.81. The highest BCUT2D eigenvalue weighted by Gasteiger charge is 2.20. The molecule has 0 aliphatic carbocycles. The molecular weight excluding hydrogens is 258 g/mol. The van der Waals surface area contributed by atoms with Crippen molar-refractivity contribution in [2.24, 2.45) is 0 Å². The van der Waals surface area contributed by atoms with Crippen LogP contribution in [0.1, 0.15) is 26.4 Å². The lowest BCUT2D eigenvalue weighted by Crippen LogP contribution is -2.01. The first-order chi connectivity index (χ1) is 8.95. The maximum absolute atomic E-state index is 11.7. The van der Waals surface area contributed by atoms with Crippen LogP contribution in [0.2, 0.25) is 0 Å². The molecule has 3 nitrogen and oxygen atoms in total. The first-order valence-corrected chi connectivity index (χ1v) is 6.82. The molecule has 0 saturated carbocycles. The van der Waals surface area contributed by atoms with Crippen molar-refractivity contribution in [3.63, 3.8) is 0 Å². The number of methoxy groups -OCH3 is 1. The highest BCUT2D eigenvalue weighted by atomic mass is 32.1. The number of benzene rings is 1. The molecule has 0 aliphatic heterocycles. The van der Waals surface area contributed by atoms with E-state index >= 15 is 0 Å². The van der Waals surface area contributed by atoms with Gasteiger partial charge in [-0.15, -0.1) is 11.3 Å². The van der Waals surface area contributed by atoms with E-state index in [1.54, 1.807) is 0 Å². The normalized spacial score (nSPS) is 10.5. The van der Waals surface area contributed by atoms with Gasteiger partial charge in [0.15, 0.2) is 0 Å². The summed E-state index contributed by atoms with van der Waals surface area (Å²) in [6, 6.07) is 6.27. The summed E-state index contributed by atoms with van der Waals surface area (Å²) in [5.41, 5.74) is 11.0. The van der Waals surface area contributed by atoms with Crippen LogP contribution >= 0.6 is 11.3 Å². The van der Waals surface area contributed by atoms with Gasteiger partial charge in [0, 0.05) is 4.88 Å². The number of carbonyl (C=O) groups is 1. The molecule has 1 aromatic heterocycles. The van der Waals surface area contributed by atoms with E-state index in [4.69, 9.17) is 10.5 Å². The second-order valence-corrected chi connectivity index (χ2v) is 5.63. The van der Waals surface area contributed by atoms with E-state index in [1.165, 1.54) is 29.6 Å². The Balaban J connectivity index is 2.60. The largest absolute Gasteiger partial charge is 0.465 e. The Morgan fingerprint density at radius 1 is 1.26 bits per heavy atom. The maximum Gasteiger partial charge on any atom is 0.350 e. The van der Waals surface area contributed by atoms with Crippen LogP contribution in [0.3, 0.4) is 0 Å². The van der Waals surface area contributed by atoms with E-state index in [9.17, 15) is 4.79 Å². The lowest BCUT2D eigenvalue weighted by molar-refractivity contribution is 0.0607. The monoisotopic (exact) mass is 275 g/mol. The van der Waals surface area contributed by atoms with Gasteiger partial charge in [0.05, 0.1) is 12.8 Å². The molecule has 1 heterocycles. The molecule has 0 unspecified atom stereocenters. The number of anilines is 1. The molecule has 0 amide bonds. The van der Waals surface area contributed by atoms with Crippen LogP contribution in [0, 0.1) is 20.8 Å². The van der Waals surface area contributed by atoms with Crippen molar-refractivity contribution < 1.29 is 9.53 Å². The molecule has 100 valence electrons. The molecule has 0 bridgehead atoms. The summed E-state index contributed by atoms with van der Waals surface area (Å²) in [5, 5.41) is 0. The molecule has 0 spiro atoms. The quantitative estimate of drug-likeness (QED) is 0.850. The molecule has 4 heteroatoms. The minimum absolute atomic E-state index is 0.374. The molecule has 0 atom stereocenters. The van der Waals surface area contributed by atoms with Crippen LogP contribution in [0.15, 0.2) is 18.2 Å². The number of hydrogen-bond donors (Lipinski definition) is 1. The topological polar surface area (TPSA) is 52.3 Å². The summed E-state index contributed by atoms with van der Waals surface area (Å²) in [4.78, 5) is 13.2. The van der Waals surface area contributed by atoms with Gasteiger partial charge in [-0.25, -0.2) is 4.79 Å². The van der Waals surface area contributed by atoms with Crippen molar-refractivity contribution >= 4 is 23.0 Å². The highest BCUT2D eigenvalue weighted by Crippen LogP contribution is 2.39. The van der Waals surface area contributed by atoms with Gasteiger partial charge in [-0.05, 0) is 37.5 Å². The van der Waals surface area contributed by atoms with Crippen molar-refractivity contribution in [2.75, 3.05) is 12.8 Å². The van der Waals surface area contributed by atoms with E-state index in [2.05, 4.69) is 32.0 Å². The highest BCUT2D eigenvalue weighted by molar-refractivity contribution is 7.18. The van der Waals surface area contributed by atoms with Gasteiger partial charge >= 0.3 is 5.97 Å². The number of rotatable bonds is 2. The van der Waals surface area contributed by atoms with Gasteiger partial charge in [-0.1, -0.05) is 23.8 Å². The standard InChI is InChI=1S/C15H17NO2S/c1-8-5-6-11(9(2)7-8)13-10(3)12(16)14(19-13)15(17)18-4/h5-7H,16H2,1-4H3. The summed E-state index contributed by atoms with van der Waals surface area (Å²) < 4.78 is 4.76. The van der Waals surface area contributed by atoms with Crippen LogP contribution < -0.4 is 5.73 Å². The molecular formula is C15H17NO2S. The minimum Gasteiger partial charge on any atom is -0.465 e. The van der Waals surface area contributed by atoms with Crippen LogP contribution in [0.25, 0.3) is 10.4 Å². The number of hydrogen-bond acceptors (Lipinski definition) is 4. The number of nitrogens with two attached hydrogens (primary N) is 1. The third kappa shape index (κ3) is 2.36. The lowest BCUT2D eigenvalue weighted by atomic mass is 10.0. The van der Waals surface area contributed by atoms with Gasteiger partial charge in [-0.3, -0.25) is 0 Å². The number of carbonyl (C=O) groups excluding carboxylic acids is 1. The van der Waals surface area contributed by atoms with Crippen molar-refractivity contribution in [3.05, 3.63) is 39.8 Å². The second kappa shape index (κ2) is 5.05. The van der Waals surface area contributed by atoms with E-state index < -0.39 is 0 Å². The Morgan fingerprint density at radius 3 is 2.53 bits per heavy atom. The SMILES string of the molecule is COC(=O)c1sc(-c2ccc(C)cc2C)c(C)c1N. The summed E-state index contributed by atoms with van der Waals surface area (Å²) in [6.07, 6.45) is 0. The van der Waals surface area contributed by atoms with Crippen LogP contribution in [0.4, 0.5) is 5.69 Å². The van der Waals surface area contributed by atoms with Gasteiger partial charge in [-0.2, -0.15) is 0 Å². The predicted molar refractivity (Wildman–Crippen MR) is 79.7 cm³/mol. The summed E-state index contributed by atoms with van der Waals surface area (Å²) >= 11 is 1.39. The van der Waals surface area contributed by atoms with Crippen LogP contribution in [-0.4, -0.2) is 13.1 Å². The average Bonchev–Trinajstić information content (AvgIpc) is 2.66. The van der Waals surface area contributed by atoms with Crippen molar-refractivity contribution in [3.8, 4) is 10.4 Å². The van der Waals surface area contributed by atoms with Crippen LogP contribution in [-0.2, 0) is 4.74 Å². The first kappa shape index (κ1) is 13.6. The Morgan fingerprint density at radius 2 is 1.95 bits per heavy atom. The van der Waals surface area contributed by atoms with Gasteiger partial charge in [0.1, 0.15) is 4.88 Å². The Kier molecular flexibility index (Phi) is 3.62.